The van der Waals surface area contributed by atoms with Gasteiger partial charge in [-0.15, -0.1) is 11.3 Å². The number of nitriles is 1. The van der Waals surface area contributed by atoms with Crippen LogP contribution in [0, 0.1) is 11.3 Å². The zero-order valence-corrected chi connectivity index (χ0v) is 18.4. The number of thiazole rings is 1. The smallest absolute Gasteiger partial charge is 0.263 e. The van der Waals surface area contributed by atoms with E-state index in [9.17, 15) is 13.7 Å². The van der Waals surface area contributed by atoms with Crippen molar-refractivity contribution in [3.8, 4) is 29.0 Å². The molecule has 8 nitrogen and oxygen atoms in total. The van der Waals surface area contributed by atoms with Crippen LogP contribution in [0.5, 0.6) is 11.5 Å². The standard InChI is InChI=1S/C20H14ClN5O3S2/c1-26-8-6-23-19(26)16-11-14(21)2-4-18(16)29-17-5-3-15(10-13(17)12-22)31(27,28)25-20-24-7-9-30-20/h2-11H,1H3,(H,24,25). The fourth-order valence-electron chi connectivity index (χ4n) is 2.81. The first-order valence-corrected chi connectivity index (χ1v) is 11.5. The minimum atomic E-state index is -3.90. The first-order valence-electron chi connectivity index (χ1n) is 8.79. The van der Waals surface area contributed by atoms with Crippen LogP contribution < -0.4 is 9.46 Å². The topological polar surface area (TPSA) is 110 Å². The molecule has 2 heterocycles. The summed E-state index contributed by atoms with van der Waals surface area (Å²) in [7, 11) is -2.06. The molecule has 0 bridgehead atoms. The molecule has 0 saturated heterocycles. The molecule has 0 unspecified atom stereocenters. The van der Waals surface area contributed by atoms with Gasteiger partial charge in [0.15, 0.2) is 5.13 Å². The van der Waals surface area contributed by atoms with Crippen molar-refractivity contribution in [3.63, 3.8) is 0 Å². The number of aryl methyl sites for hydroxylation is 1. The third-order valence-corrected chi connectivity index (χ3v) is 6.65. The van der Waals surface area contributed by atoms with Crippen molar-refractivity contribution in [2.45, 2.75) is 4.90 Å². The molecule has 11 heteroatoms. The molecule has 0 aliphatic rings. The summed E-state index contributed by atoms with van der Waals surface area (Å²) in [5, 5.41) is 12.0. The van der Waals surface area contributed by atoms with Gasteiger partial charge in [-0.05, 0) is 36.4 Å². The van der Waals surface area contributed by atoms with Crippen LogP contribution in [0.4, 0.5) is 5.13 Å². The van der Waals surface area contributed by atoms with E-state index in [1.54, 1.807) is 36.0 Å². The van der Waals surface area contributed by atoms with Crippen molar-refractivity contribution < 1.29 is 13.2 Å². The number of anilines is 1. The Hall–Kier alpha value is -3.39. The molecule has 0 saturated carbocycles. The van der Waals surface area contributed by atoms with E-state index >= 15 is 0 Å². The monoisotopic (exact) mass is 471 g/mol. The predicted molar refractivity (Wildman–Crippen MR) is 118 cm³/mol. The maximum Gasteiger partial charge on any atom is 0.263 e. The number of rotatable bonds is 6. The number of hydrogen-bond acceptors (Lipinski definition) is 7. The Balaban J connectivity index is 1.70. The van der Waals surface area contributed by atoms with E-state index in [4.69, 9.17) is 16.3 Å². The molecule has 156 valence electrons. The summed E-state index contributed by atoms with van der Waals surface area (Å²) in [6, 6.07) is 11.1. The fourth-order valence-corrected chi connectivity index (χ4v) is 4.80. The fraction of sp³-hybridized carbons (Fsp3) is 0.0500. The van der Waals surface area contributed by atoms with Gasteiger partial charge in [-0.3, -0.25) is 4.72 Å². The lowest BCUT2D eigenvalue weighted by molar-refractivity contribution is 0.481. The van der Waals surface area contributed by atoms with Crippen LogP contribution in [-0.4, -0.2) is 23.0 Å². The third kappa shape index (κ3) is 4.39. The summed E-state index contributed by atoms with van der Waals surface area (Å²) >= 11 is 7.31. The van der Waals surface area contributed by atoms with Gasteiger partial charge >= 0.3 is 0 Å². The highest BCUT2D eigenvalue weighted by Gasteiger charge is 2.19. The molecule has 0 spiro atoms. The Labute approximate surface area is 187 Å². The SMILES string of the molecule is Cn1ccnc1-c1cc(Cl)ccc1Oc1ccc(S(=O)(=O)Nc2nccs2)cc1C#N. The number of halogens is 1. The molecule has 4 aromatic rings. The maximum absolute atomic E-state index is 12.6. The molecule has 0 radical (unpaired) electrons. The third-order valence-electron chi connectivity index (χ3n) is 4.26. The number of ether oxygens (including phenoxy) is 1. The highest BCUT2D eigenvalue weighted by molar-refractivity contribution is 7.93. The van der Waals surface area contributed by atoms with E-state index in [0.717, 1.165) is 11.3 Å². The van der Waals surface area contributed by atoms with Crippen molar-refractivity contribution >= 4 is 38.1 Å². The van der Waals surface area contributed by atoms with Crippen LogP contribution >= 0.6 is 22.9 Å². The molecule has 0 aliphatic heterocycles. The summed E-state index contributed by atoms with van der Waals surface area (Å²) in [5.41, 5.74) is 0.689. The van der Waals surface area contributed by atoms with Gasteiger partial charge in [0.25, 0.3) is 10.0 Å². The first-order chi connectivity index (χ1) is 14.9. The summed E-state index contributed by atoms with van der Waals surface area (Å²) in [4.78, 5) is 8.15. The Morgan fingerprint density at radius 2 is 1.97 bits per heavy atom. The first kappa shape index (κ1) is 20.9. The number of nitrogens with zero attached hydrogens (tertiary/aromatic N) is 4. The molecule has 1 N–H and O–H groups in total. The molecule has 2 aromatic heterocycles. The van der Waals surface area contributed by atoms with E-state index in [0.29, 0.717) is 22.2 Å². The van der Waals surface area contributed by atoms with E-state index in [2.05, 4.69) is 14.7 Å². The zero-order valence-electron chi connectivity index (χ0n) is 16.0. The van der Waals surface area contributed by atoms with Gasteiger partial charge in [-0.2, -0.15) is 5.26 Å². The highest BCUT2D eigenvalue weighted by Crippen LogP contribution is 2.36. The lowest BCUT2D eigenvalue weighted by Gasteiger charge is -2.13. The minimum Gasteiger partial charge on any atom is -0.455 e. The van der Waals surface area contributed by atoms with Crippen LogP contribution in [0.2, 0.25) is 5.02 Å². The van der Waals surface area contributed by atoms with Crippen LogP contribution in [0.3, 0.4) is 0 Å². The lowest BCUT2D eigenvalue weighted by Crippen LogP contribution is -2.13. The second-order valence-corrected chi connectivity index (χ2v) is 9.33. The highest BCUT2D eigenvalue weighted by atomic mass is 35.5. The zero-order chi connectivity index (χ0) is 22.0. The molecule has 0 atom stereocenters. The summed E-state index contributed by atoms with van der Waals surface area (Å²) in [6.45, 7) is 0. The van der Waals surface area contributed by atoms with Crippen LogP contribution in [0.15, 0.2) is 65.3 Å². The normalized spacial score (nSPS) is 11.1. The number of aromatic nitrogens is 3. The van der Waals surface area contributed by atoms with E-state index in [1.807, 2.05) is 17.7 Å². The van der Waals surface area contributed by atoms with Gasteiger partial charge in [-0.25, -0.2) is 18.4 Å². The number of benzene rings is 2. The minimum absolute atomic E-state index is 0.0581. The number of hydrogen-bond donors (Lipinski definition) is 1. The molecule has 0 fully saturated rings. The average Bonchev–Trinajstić information content (AvgIpc) is 3.40. The molecule has 0 amide bonds. The second-order valence-electron chi connectivity index (χ2n) is 6.32. The van der Waals surface area contributed by atoms with E-state index in [-0.39, 0.29) is 21.3 Å². The van der Waals surface area contributed by atoms with Crippen LogP contribution in [-0.2, 0) is 17.1 Å². The molecule has 31 heavy (non-hydrogen) atoms. The van der Waals surface area contributed by atoms with Gasteiger partial charge in [0.1, 0.15) is 23.4 Å². The average molecular weight is 472 g/mol. The number of sulfonamides is 1. The van der Waals surface area contributed by atoms with Crippen LogP contribution in [0.25, 0.3) is 11.4 Å². The lowest BCUT2D eigenvalue weighted by atomic mass is 10.1. The van der Waals surface area contributed by atoms with Crippen LogP contribution in [0.1, 0.15) is 5.56 Å². The molecule has 4 rings (SSSR count). The largest absolute Gasteiger partial charge is 0.455 e. The molecule has 0 aliphatic carbocycles. The van der Waals surface area contributed by atoms with Gasteiger partial charge in [0, 0.05) is 36.0 Å². The van der Waals surface area contributed by atoms with Crippen molar-refractivity contribution in [3.05, 3.63) is 71.0 Å². The van der Waals surface area contributed by atoms with Crippen molar-refractivity contribution in [1.29, 1.82) is 5.26 Å². The Morgan fingerprint density at radius 3 is 2.65 bits per heavy atom. The molecular weight excluding hydrogens is 458 g/mol. The van der Waals surface area contributed by atoms with E-state index < -0.39 is 10.0 Å². The van der Waals surface area contributed by atoms with Gasteiger partial charge in [0.2, 0.25) is 0 Å². The second kappa shape index (κ2) is 8.39. The predicted octanol–water partition coefficient (Wildman–Crippen LogP) is 4.66. The van der Waals surface area contributed by atoms with Gasteiger partial charge in [0.05, 0.1) is 16.0 Å². The van der Waals surface area contributed by atoms with Gasteiger partial charge in [-0.1, -0.05) is 11.6 Å². The number of nitrogens with one attached hydrogen (secondary N) is 1. The quantitative estimate of drug-likeness (QED) is 0.438. The summed E-state index contributed by atoms with van der Waals surface area (Å²) < 4.78 is 35.4. The summed E-state index contributed by atoms with van der Waals surface area (Å²) in [6.07, 6.45) is 4.93. The maximum atomic E-state index is 12.6. The Kier molecular flexibility index (Phi) is 5.65. The van der Waals surface area contributed by atoms with Crippen molar-refractivity contribution in [2.75, 3.05) is 4.72 Å². The van der Waals surface area contributed by atoms with E-state index in [1.165, 1.54) is 24.4 Å². The number of imidazole rings is 1. The van der Waals surface area contributed by atoms with Gasteiger partial charge < -0.3 is 9.30 Å². The molecular formula is C20H14ClN5O3S2. The molecule has 2 aromatic carbocycles. The van der Waals surface area contributed by atoms with Crippen molar-refractivity contribution in [1.82, 2.24) is 14.5 Å². The Bertz CT molecular complexity index is 1390. The Morgan fingerprint density at radius 1 is 1.16 bits per heavy atom. The summed E-state index contributed by atoms with van der Waals surface area (Å²) in [5.74, 6) is 1.25. The van der Waals surface area contributed by atoms with Crippen molar-refractivity contribution in [2.24, 2.45) is 7.05 Å².